The fourth-order valence-electron chi connectivity index (χ4n) is 2.92. The average molecular weight is 384 g/mol. The summed E-state index contributed by atoms with van der Waals surface area (Å²) >= 11 is 1.23. The van der Waals surface area contributed by atoms with Gasteiger partial charge in [0, 0.05) is 6.54 Å². The van der Waals surface area contributed by atoms with Crippen LogP contribution in [0.3, 0.4) is 0 Å². The van der Waals surface area contributed by atoms with Crippen LogP contribution in [0.15, 0.2) is 5.16 Å². The number of nitrogens with two attached hydrogens (primary N) is 1. The number of nitro groups is 1. The number of methoxy groups -OCH3 is 1. The van der Waals surface area contributed by atoms with Crippen molar-refractivity contribution in [2.75, 3.05) is 50.2 Å². The summed E-state index contributed by atoms with van der Waals surface area (Å²) in [5.74, 6) is -0.144. The molecule has 0 bridgehead atoms. The largest absolute Gasteiger partial charge is 0.468 e. The van der Waals surface area contributed by atoms with Gasteiger partial charge in [0.25, 0.3) is 0 Å². The van der Waals surface area contributed by atoms with Gasteiger partial charge in [-0.05, 0) is 44.5 Å². The summed E-state index contributed by atoms with van der Waals surface area (Å²) in [5, 5.41) is 15.1. The van der Waals surface area contributed by atoms with Gasteiger partial charge in [-0.25, -0.2) is 0 Å². The van der Waals surface area contributed by atoms with Crippen molar-refractivity contribution in [3.63, 3.8) is 0 Å². The molecule has 0 amide bonds. The van der Waals surface area contributed by atoms with Gasteiger partial charge in [-0.15, -0.1) is 0 Å². The molecule has 1 aromatic rings. The van der Waals surface area contributed by atoms with E-state index < -0.39 is 10.9 Å². The fourth-order valence-corrected chi connectivity index (χ4v) is 3.28. The minimum atomic E-state index is -0.608. The quantitative estimate of drug-likeness (QED) is 0.220. The molecule has 26 heavy (non-hydrogen) atoms. The standard InChI is InChI=1S/C15H24N6O4S/c1-25-11(22)9-20(8-5-10-3-6-17-7-4-10)14-12(21(23)24)13(16)18-15(19-14)26-2/h10,17H,3-9H2,1-2H3,(H2,16,18,19). The smallest absolute Gasteiger partial charge is 0.353 e. The van der Waals surface area contributed by atoms with Gasteiger partial charge >= 0.3 is 11.7 Å². The molecule has 1 aromatic heterocycles. The summed E-state index contributed by atoms with van der Waals surface area (Å²) in [6, 6.07) is 0. The number of hydrogen-bond donors (Lipinski definition) is 2. The van der Waals surface area contributed by atoms with Crippen LogP contribution in [0.2, 0.25) is 0 Å². The van der Waals surface area contributed by atoms with Crippen LogP contribution in [0.4, 0.5) is 17.3 Å². The Bertz CT molecular complexity index is 653. The van der Waals surface area contributed by atoms with Crippen molar-refractivity contribution in [1.29, 1.82) is 0 Å². The lowest BCUT2D eigenvalue weighted by molar-refractivity contribution is -0.383. The number of anilines is 2. The van der Waals surface area contributed by atoms with Crippen LogP contribution < -0.4 is 16.0 Å². The number of nitrogens with one attached hydrogen (secondary N) is 1. The van der Waals surface area contributed by atoms with Crippen LogP contribution in [0, 0.1) is 16.0 Å². The van der Waals surface area contributed by atoms with Gasteiger partial charge < -0.3 is 20.7 Å². The third-order valence-corrected chi connectivity index (χ3v) is 4.90. The summed E-state index contributed by atoms with van der Waals surface area (Å²) in [7, 11) is 1.28. The van der Waals surface area contributed by atoms with Crippen LogP contribution >= 0.6 is 11.8 Å². The van der Waals surface area contributed by atoms with Gasteiger partial charge in [-0.1, -0.05) is 11.8 Å². The first-order chi connectivity index (χ1) is 12.5. The molecular weight excluding hydrogens is 360 g/mol. The van der Waals surface area contributed by atoms with E-state index in [0.29, 0.717) is 17.6 Å². The van der Waals surface area contributed by atoms with E-state index in [-0.39, 0.29) is 23.9 Å². The molecular formula is C15H24N6O4S. The lowest BCUT2D eigenvalue weighted by Gasteiger charge is -2.27. The second-order valence-electron chi connectivity index (χ2n) is 6.00. The number of hydrogen-bond acceptors (Lipinski definition) is 10. The molecule has 1 fully saturated rings. The monoisotopic (exact) mass is 384 g/mol. The van der Waals surface area contributed by atoms with Crippen molar-refractivity contribution in [2.45, 2.75) is 24.4 Å². The summed E-state index contributed by atoms with van der Waals surface area (Å²) < 4.78 is 4.74. The fraction of sp³-hybridized carbons (Fsp3) is 0.667. The first-order valence-electron chi connectivity index (χ1n) is 8.34. The zero-order chi connectivity index (χ0) is 19.1. The highest BCUT2D eigenvalue weighted by Gasteiger charge is 2.29. The lowest BCUT2D eigenvalue weighted by Crippen LogP contribution is -2.35. The van der Waals surface area contributed by atoms with Gasteiger partial charge in [0.05, 0.1) is 12.0 Å². The Hall–Kier alpha value is -2.14. The zero-order valence-electron chi connectivity index (χ0n) is 14.9. The Balaban J connectivity index is 2.31. The summed E-state index contributed by atoms with van der Waals surface area (Å²) in [6.45, 7) is 2.23. The zero-order valence-corrected chi connectivity index (χ0v) is 15.8. The Morgan fingerprint density at radius 3 is 2.73 bits per heavy atom. The predicted octanol–water partition coefficient (Wildman–Crippen LogP) is 1.06. The Morgan fingerprint density at radius 1 is 1.46 bits per heavy atom. The first-order valence-corrected chi connectivity index (χ1v) is 9.57. The van der Waals surface area contributed by atoms with Gasteiger partial charge in [-0.2, -0.15) is 9.97 Å². The van der Waals surface area contributed by atoms with E-state index in [4.69, 9.17) is 10.5 Å². The predicted molar refractivity (Wildman–Crippen MR) is 99.3 cm³/mol. The summed E-state index contributed by atoms with van der Waals surface area (Å²) in [5.41, 5.74) is 5.40. The Morgan fingerprint density at radius 2 is 2.15 bits per heavy atom. The topological polar surface area (TPSA) is 137 Å². The maximum Gasteiger partial charge on any atom is 0.353 e. The van der Waals surface area contributed by atoms with E-state index in [9.17, 15) is 14.9 Å². The van der Waals surface area contributed by atoms with Gasteiger partial charge in [0.15, 0.2) is 5.16 Å². The molecule has 0 atom stereocenters. The number of carbonyl (C=O) groups is 1. The molecule has 0 spiro atoms. The number of aromatic nitrogens is 2. The summed E-state index contributed by atoms with van der Waals surface area (Å²) in [4.78, 5) is 32.5. The molecule has 10 nitrogen and oxygen atoms in total. The maximum atomic E-state index is 11.8. The van der Waals surface area contributed by atoms with Crippen LogP contribution in [-0.2, 0) is 9.53 Å². The van der Waals surface area contributed by atoms with Crippen molar-refractivity contribution in [2.24, 2.45) is 5.92 Å². The molecule has 2 rings (SSSR count). The molecule has 3 N–H and O–H groups in total. The number of ether oxygens (including phenoxy) is 1. The average Bonchev–Trinajstić information content (AvgIpc) is 2.64. The second kappa shape index (κ2) is 9.53. The molecule has 0 radical (unpaired) electrons. The molecule has 1 aliphatic heterocycles. The van der Waals surface area contributed by atoms with Crippen molar-refractivity contribution in [3.8, 4) is 0 Å². The summed E-state index contributed by atoms with van der Waals surface area (Å²) in [6.07, 6.45) is 4.63. The molecule has 1 saturated heterocycles. The SMILES string of the molecule is COC(=O)CN(CCC1CCNCC1)c1nc(SC)nc(N)c1[N+](=O)[O-]. The van der Waals surface area contributed by atoms with Crippen molar-refractivity contribution in [3.05, 3.63) is 10.1 Å². The maximum absolute atomic E-state index is 11.8. The molecule has 1 aliphatic rings. The van der Waals surface area contributed by atoms with Crippen LogP contribution in [0.1, 0.15) is 19.3 Å². The van der Waals surface area contributed by atoms with Crippen LogP contribution in [-0.4, -0.2) is 60.4 Å². The number of rotatable bonds is 8. The van der Waals surface area contributed by atoms with Crippen molar-refractivity contribution in [1.82, 2.24) is 15.3 Å². The number of nitrogens with zero attached hydrogens (tertiary/aromatic N) is 4. The van der Waals surface area contributed by atoms with E-state index >= 15 is 0 Å². The highest BCUT2D eigenvalue weighted by molar-refractivity contribution is 7.98. The highest BCUT2D eigenvalue weighted by Crippen LogP contribution is 2.33. The third kappa shape index (κ3) is 5.18. The molecule has 0 saturated carbocycles. The number of piperidine rings is 1. The number of esters is 1. The number of nitrogen functional groups attached to an aromatic ring is 1. The second-order valence-corrected chi connectivity index (χ2v) is 6.78. The lowest BCUT2D eigenvalue weighted by atomic mass is 9.94. The normalized spacial score (nSPS) is 14.8. The highest BCUT2D eigenvalue weighted by atomic mass is 32.2. The van der Waals surface area contributed by atoms with Crippen LogP contribution in [0.5, 0.6) is 0 Å². The van der Waals surface area contributed by atoms with E-state index in [1.165, 1.54) is 18.9 Å². The minimum Gasteiger partial charge on any atom is -0.468 e. The Labute approximate surface area is 156 Å². The number of carbonyl (C=O) groups excluding carboxylic acids is 1. The van der Waals surface area contributed by atoms with Gasteiger partial charge in [-0.3, -0.25) is 14.9 Å². The molecule has 11 heteroatoms. The van der Waals surface area contributed by atoms with E-state index in [2.05, 4.69) is 15.3 Å². The molecule has 0 unspecified atom stereocenters. The molecule has 0 aliphatic carbocycles. The van der Waals surface area contributed by atoms with E-state index in [1.54, 1.807) is 11.2 Å². The van der Waals surface area contributed by atoms with E-state index in [0.717, 1.165) is 32.4 Å². The van der Waals surface area contributed by atoms with Gasteiger partial charge in [0.2, 0.25) is 11.6 Å². The molecule has 0 aromatic carbocycles. The van der Waals surface area contributed by atoms with Gasteiger partial charge in [0.1, 0.15) is 6.54 Å². The first kappa shape index (κ1) is 20.2. The minimum absolute atomic E-state index is 0.0613. The van der Waals surface area contributed by atoms with Crippen LogP contribution in [0.25, 0.3) is 0 Å². The van der Waals surface area contributed by atoms with Crippen molar-refractivity contribution >= 4 is 35.1 Å². The van der Waals surface area contributed by atoms with Crippen molar-refractivity contribution < 1.29 is 14.5 Å². The Kier molecular flexibility index (Phi) is 7.39. The molecule has 144 valence electrons. The van der Waals surface area contributed by atoms with E-state index in [1.807, 2.05) is 0 Å². The molecule has 2 heterocycles. The third-order valence-electron chi connectivity index (χ3n) is 4.35. The number of thioether (sulfide) groups is 1.